The van der Waals surface area contributed by atoms with Crippen LogP contribution in [0.5, 0.6) is 0 Å². The molecule has 30 heavy (non-hydrogen) atoms. The standard InChI is InChI=1S/C22H28N4O3S/c1-25(2)22(17-7-5-4-6-8-17)12-10-21(11-13-22)16-26(20(27)24-21)18-15-23-14-9-19(18)30(3,28)29/h4-9,14-15H,10-13,16H2,1-3H3,(H,24,27). The Bertz CT molecular complexity index is 1050. The molecule has 1 aliphatic heterocycles. The molecule has 2 heterocycles. The van der Waals surface area contributed by atoms with Crippen molar-refractivity contribution >= 4 is 21.6 Å². The molecule has 1 N–H and O–H groups in total. The van der Waals surface area contributed by atoms with Crippen LogP contribution in [-0.2, 0) is 15.4 Å². The molecule has 1 spiro atoms. The molecule has 2 aromatic rings. The van der Waals surface area contributed by atoms with Crippen molar-refractivity contribution in [3.05, 3.63) is 54.4 Å². The smallest absolute Gasteiger partial charge is 0.322 e. The highest BCUT2D eigenvalue weighted by molar-refractivity contribution is 7.90. The molecule has 2 aliphatic rings. The fourth-order valence-electron chi connectivity index (χ4n) is 4.96. The normalized spacial score (nSPS) is 26.9. The zero-order valence-electron chi connectivity index (χ0n) is 17.6. The van der Waals surface area contributed by atoms with Crippen LogP contribution in [-0.4, -0.2) is 56.8 Å². The fourth-order valence-corrected chi connectivity index (χ4v) is 5.81. The van der Waals surface area contributed by atoms with E-state index in [0.29, 0.717) is 12.2 Å². The minimum absolute atomic E-state index is 0.0725. The Balaban J connectivity index is 1.60. The number of nitrogens with one attached hydrogen (secondary N) is 1. The lowest BCUT2D eigenvalue weighted by molar-refractivity contribution is 0.0657. The lowest BCUT2D eigenvalue weighted by Crippen LogP contribution is -2.54. The average molecular weight is 429 g/mol. The van der Waals surface area contributed by atoms with Crippen LogP contribution in [0.4, 0.5) is 10.5 Å². The Morgan fingerprint density at radius 3 is 2.33 bits per heavy atom. The summed E-state index contributed by atoms with van der Waals surface area (Å²) in [7, 11) is 0.749. The fraction of sp³-hybridized carbons (Fsp3) is 0.455. The van der Waals surface area contributed by atoms with Gasteiger partial charge in [-0.05, 0) is 51.4 Å². The zero-order valence-corrected chi connectivity index (χ0v) is 18.4. The van der Waals surface area contributed by atoms with Gasteiger partial charge in [0.15, 0.2) is 9.84 Å². The maximum atomic E-state index is 12.9. The molecule has 4 rings (SSSR count). The molecular weight excluding hydrogens is 400 g/mol. The summed E-state index contributed by atoms with van der Waals surface area (Å²) in [5.41, 5.74) is 1.20. The number of aromatic nitrogens is 1. The Hall–Kier alpha value is -2.45. The van der Waals surface area contributed by atoms with Crippen LogP contribution < -0.4 is 10.2 Å². The van der Waals surface area contributed by atoms with E-state index in [1.165, 1.54) is 28.9 Å². The summed E-state index contributed by atoms with van der Waals surface area (Å²) < 4.78 is 24.4. The van der Waals surface area contributed by atoms with Crippen molar-refractivity contribution in [1.82, 2.24) is 15.2 Å². The summed E-state index contributed by atoms with van der Waals surface area (Å²) in [4.78, 5) is 20.9. The van der Waals surface area contributed by atoms with Gasteiger partial charge in [-0.3, -0.25) is 14.8 Å². The number of pyridine rings is 1. The van der Waals surface area contributed by atoms with Gasteiger partial charge in [0.25, 0.3) is 0 Å². The van der Waals surface area contributed by atoms with Gasteiger partial charge in [-0.25, -0.2) is 13.2 Å². The molecule has 0 radical (unpaired) electrons. The Morgan fingerprint density at radius 2 is 1.73 bits per heavy atom. The number of hydrogen-bond acceptors (Lipinski definition) is 5. The molecule has 1 aliphatic carbocycles. The monoisotopic (exact) mass is 428 g/mol. The molecule has 1 saturated carbocycles. The van der Waals surface area contributed by atoms with Crippen LogP contribution in [0.2, 0.25) is 0 Å². The van der Waals surface area contributed by atoms with E-state index in [-0.39, 0.29) is 22.0 Å². The van der Waals surface area contributed by atoms with E-state index in [1.807, 2.05) is 6.07 Å². The molecule has 0 bridgehead atoms. The highest BCUT2D eigenvalue weighted by Crippen LogP contribution is 2.46. The topological polar surface area (TPSA) is 82.6 Å². The summed E-state index contributed by atoms with van der Waals surface area (Å²) in [5.74, 6) is 0. The summed E-state index contributed by atoms with van der Waals surface area (Å²) in [6.07, 6.45) is 7.50. The summed E-state index contributed by atoms with van der Waals surface area (Å²) in [6.45, 7) is 0.443. The minimum Gasteiger partial charge on any atom is -0.330 e. The second kappa shape index (κ2) is 7.35. The molecule has 1 aromatic heterocycles. The molecule has 0 unspecified atom stereocenters. The van der Waals surface area contributed by atoms with Crippen LogP contribution in [0, 0.1) is 0 Å². The molecule has 8 heteroatoms. The number of nitrogens with zero attached hydrogens (tertiary/aromatic N) is 3. The largest absolute Gasteiger partial charge is 0.330 e. The molecular formula is C22H28N4O3S. The number of carbonyl (C=O) groups excluding carboxylic acids is 1. The summed E-state index contributed by atoms with van der Waals surface area (Å²) >= 11 is 0. The quantitative estimate of drug-likeness (QED) is 0.810. The van der Waals surface area contributed by atoms with Gasteiger partial charge in [0.1, 0.15) is 0 Å². The first-order valence-electron chi connectivity index (χ1n) is 10.1. The van der Waals surface area contributed by atoms with Gasteiger partial charge in [0, 0.05) is 18.0 Å². The van der Waals surface area contributed by atoms with E-state index in [1.54, 1.807) is 0 Å². The lowest BCUT2D eigenvalue weighted by Gasteiger charge is -2.48. The van der Waals surface area contributed by atoms with Gasteiger partial charge in [-0.15, -0.1) is 0 Å². The third-order valence-corrected chi connectivity index (χ3v) is 7.88. The van der Waals surface area contributed by atoms with Gasteiger partial charge >= 0.3 is 6.03 Å². The Labute approximate surface area is 178 Å². The van der Waals surface area contributed by atoms with E-state index in [4.69, 9.17) is 0 Å². The third kappa shape index (κ3) is 3.48. The number of carbonyl (C=O) groups is 1. The second-order valence-corrected chi connectivity index (χ2v) is 10.7. The van der Waals surface area contributed by atoms with Gasteiger partial charge in [-0.2, -0.15) is 0 Å². The van der Waals surface area contributed by atoms with Crippen molar-refractivity contribution in [1.29, 1.82) is 0 Å². The van der Waals surface area contributed by atoms with Crippen molar-refractivity contribution in [3.8, 4) is 0 Å². The van der Waals surface area contributed by atoms with E-state index in [0.717, 1.165) is 31.9 Å². The molecule has 1 saturated heterocycles. The van der Waals surface area contributed by atoms with Crippen molar-refractivity contribution < 1.29 is 13.2 Å². The van der Waals surface area contributed by atoms with Crippen molar-refractivity contribution in [2.45, 2.75) is 41.7 Å². The molecule has 0 atom stereocenters. The first kappa shape index (κ1) is 20.8. The first-order valence-corrected chi connectivity index (χ1v) is 12.0. The zero-order chi connectivity index (χ0) is 21.6. The first-order chi connectivity index (χ1) is 14.2. The van der Waals surface area contributed by atoms with Gasteiger partial charge in [0.05, 0.1) is 28.9 Å². The van der Waals surface area contributed by atoms with E-state index >= 15 is 0 Å². The van der Waals surface area contributed by atoms with Crippen molar-refractivity contribution in [2.24, 2.45) is 0 Å². The third-order valence-electron chi connectivity index (χ3n) is 6.73. The Morgan fingerprint density at radius 1 is 1.07 bits per heavy atom. The van der Waals surface area contributed by atoms with E-state index < -0.39 is 9.84 Å². The lowest BCUT2D eigenvalue weighted by atomic mass is 9.69. The number of anilines is 1. The van der Waals surface area contributed by atoms with Crippen LogP contribution in [0.25, 0.3) is 0 Å². The van der Waals surface area contributed by atoms with Gasteiger partial charge in [0.2, 0.25) is 0 Å². The van der Waals surface area contributed by atoms with Gasteiger partial charge < -0.3 is 5.32 Å². The van der Waals surface area contributed by atoms with Crippen LogP contribution in [0.15, 0.2) is 53.7 Å². The molecule has 2 amide bonds. The molecule has 1 aromatic carbocycles. The van der Waals surface area contributed by atoms with Crippen molar-refractivity contribution in [3.63, 3.8) is 0 Å². The predicted octanol–water partition coefficient (Wildman–Crippen LogP) is 2.78. The number of sulfone groups is 1. The van der Waals surface area contributed by atoms with E-state index in [2.05, 4.69) is 53.6 Å². The Kier molecular flexibility index (Phi) is 5.10. The SMILES string of the molecule is CN(C)C1(c2ccccc2)CCC2(CC1)CN(c1cnccc1S(C)(=O)=O)C(=O)N2. The highest BCUT2D eigenvalue weighted by atomic mass is 32.2. The number of benzene rings is 1. The van der Waals surface area contributed by atoms with Crippen molar-refractivity contribution in [2.75, 3.05) is 31.8 Å². The number of urea groups is 1. The summed E-state index contributed by atoms with van der Waals surface area (Å²) in [5, 5.41) is 3.17. The average Bonchev–Trinajstić information content (AvgIpc) is 3.04. The minimum atomic E-state index is -3.47. The molecule has 160 valence electrons. The predicted molar refractivity (Wildman–Crippen MR) is 116 cm³/mol. The highest BCUT2D eigenvalue weighted by Gasteiger charge is 2.50. The maximum Gasteiger partial charge on any atom is 0.322 e. The maximum absolute atomic E-state index is 12.9. The van der Waals surface area contributed by atoms with Crippen LogP contribution >= 0.6 is 0 Å². The number of rotatable bonds is 4. The second-order valence-electron chi connectivity index (χ2n) is 8.70. The molecule has 7 nitrogen and oxygen atoms in total. The summed E-state index contributed by atoms with van der Waals surface area (Å²) in [6, 6.07) is 11.7. The number of amides is 2. The van der Waals surface area contributed by atoms with Gasteiger partial charge in [-0.1, -0.05) is 30.3 Å². The number of hydrogen-bond donors (Lipinski definition) is 1. The van der Waals surface area contributed by atoms with Crippen LogP contribution in [0.1, 0.15) is 31.2 Å². The van der Waals surface area contributed by atoms with Crippen LogP contribution in [0.3, 0.4) is 0 Å². The molecule has 2 fully saturated rings. The van der Waals surface area contributed by atoms with E-state index in [9.17, 15) is 13.2 Å².